The van der Waals surface area contributed by atoms with Gasteiger partial charge < -0.3 is 14.2 Å². The van der Waals surface area contributed by atoms with Gasteiger partial charge in [0.15, 0.2) is 0 Å². The number of ether oxygens (including phenoxy) is 3. The van der Waals surface area contributed by atoms with Crippen LogP contribution in [0.2, 0.25) is 0 Å². The third kappa shape index (κ3) is 3.92. The number of benzene rings is 2. The van der Waals surface area contributed by atoms with Crippen molar-refractivity contribution in [2.75, 3.05) is 14.2 Å². The number of carbonyl (C=O) groups excluding carboxylic acids is 1. The molecule has 3 rings (SSSR count). The monoisotopic (exact) mass is 378 g/mol. The van der Waals surface area contributed by atoms with Crippen molar-refractivity contribution in [3.8, 4) is 11.5 Å². The van der Waals surface area contributed by atoms with E-state index in [-0.39, 0.29) is 5.75 Å². The van der Waals surface area contributed by atoms with Crippen molar-refractivity contribution in [2.45, 2.75) is 18.7 Å². The molecule has 1 aliphatic heterocycles. The molecule has 1 unspecified atom stereocenters. The van der Waals surface area contributed by atoms with Crippen LogP contribution < -0.4 is 9.47 Å². The predicted octanol–water partition coefficient (Wildman–Crippen LogP) is 4.17. The number of hydrogen-bond donors (Lipinski definition) is 0. The van der Waals surface area contributed by atoms with E-state index in [0.717, 1.165) is 18.7 Å². The molecule has 0 N–H and O–H groups in total. The average molecular weight is 378 g/mol. The highest BCUT2D eigenvalue weighted by atomic mass is 19.4. The van der Waals surface area contributed by atoms with E-state index in [9.17, 15) is 18.0 Å². The van der Waals surface area contributed by atoms with Crippen LogP contribution in [0.3, 0.4) is 0 Å². The second-order valence-electron chi connectivity index (χ2n) is 6.00. The lowest BCUT2D eigenvalue weighted by atomic mass is 9.97. The van der Waals surface area contributed by atoms with E-state index in [1.54, 1.807) is 6.07 Å². The van der Waals surface area contributed by atoms with Crippen LogP contribution in [-0.2, 0) is 16.0 Å². The van der Waals surface area contributed by atoms with Crippen LogP contribution in [0, 0.1) is 0 Å². The lowest BCUT2D eigenvalue weighted by Gasteiger charge is -2.28. The second kappa shape index (κ2) is 7.34. The number of hydrogen-bond acceptors (Lipinski definition) is 4. The van der Waals surface area contributed by atoms with E-state index < -0.39 is 23.8 Å². The molecule has 2 aromatic rings. The summed E-state index contributed by atoms with van der Waals surface area (Å²) >= 11 is 0. The molecule has 1 heterocycles. The zero-order valence-electron chi connectivity index (χ0n) is 14.7. The van der Waals surface area contributed by atoms with Crippen molar-refractivity contribution in [3.63, 3.8) is 0 Å². The molecule has 0 fully saturated rings. The maximum Gasteiger partial charge on any atom is 0.430 e. The van der Waals surface area contributed by atoms with Gasteiger partial charge in [-0.15, -0.1) is 0 Å². The Kier molecular flexibility index (Phi) is 5.12. The van der Waals surface area contributed by atoms with Crippen LogP contribution in [0.5, 0.6) is 11.5 Å². The summed E-state index contributed by atoms with van der Waals surface area (Å²) < 4.78 is 55.1. The number of alkyl halides is 3. The zero-order chi connectivity index (χ0) is 19.6. The number of methoxy groups -OCH3 is 2. The first-order chi connectivity index (χ1) is 12.8. The summed E-state index contributed by atoms with van der Waals surface area (Å²) in [5.41, 5.74) is 1.38. The summed E-state index contributed by atoms with van der Waals surface area (Å²) in [5.74, 6) is -0.556. The highest BCUT2D eigenvalue weighted by Crippen LogP contribution is 2.40. The van der Waals surface area contributed by atoms with E-state index in [1.165, 1.54) is 13.2 Å². The van der Waals surface area contributed by atoms with E-state index in [2.05, 4.69) is 4.74 Å². The zero-order valence-corrected chi connectivity index (χ0v) is 14.7. The molecule has 1 aliphatic rings. The Morgan fingerprint density at radius 2 is 1.85 bits per heavy atom. The first-order valence-electron chi connectivity index (χ1n) is 8.11. The summed E-state index contributed by atoms with van der Waals surface area (Å²) in [6.45, 7) is 0. The second-order valence-corrected chi connectivity index (χ2v) is 6.00. The molecule has 0 saturated carbocycles. The highest BCUT2D eigenvalue weighted by molar-refractivity contribution is 5.96. The van der Waals surface area contributed by atoms with Gasteiger partial charge in [0.05, 0.1) is 19.8 Å². The smallest absolute Gasteiger partial charge is 0.430 e. The molecule has 7 heteroatoms. The lowest BCUT2D eigenvalue weighted by molar-refractivity contribution is -0.187. The fraction of sp³-hybridized carbons (Fsp3) is 0.250. The first-order valence-corrected chi connectivity index (χ1v) is 8.11. The van der Waals surface area contributed by atoms with Crippen molar-refractivity contribution >= 4 is 12.0 Å². The summed E-state index contributed by atoms with van der Waals surface area (Å²) in [5, 5.41) is 0. The fourth-order valence-electron chi connectivity index (χ4n) is 2.94. The number of carbonyl (C=O) groups is 1. The molecule has 0 aliphatic carbocycles. The highest BCUT2D eigenvalue weighted by Gasteiger charge is 2.48. The van der Waals surface area contributed by atoms with E-state index >= 15 is 0 Å². The molecule has 0 aromatic heterocycles. The van der Waals surface area contributed by atoms with Crippen molar-refractivity contribution in [1.82, 2.24) is 0 Å². The van der Waals surface area contributed by atoms with Crippen LogP contribution in [0.15, 0.2) is 48.0 Å². The third-order valence-electron chi connectivity index (χ3n) is 4.21. The third-order valence-corrected chi connectivity index (χ3v) is 4.21. The summed E-state index contributed by atoms with van der Waals surface area (Å²) in [6, 6.07) is 12.5. The molecule has 0 saturated heterocycles. The van der Waals surface area contributed by atoms with Gasteiger partial charge in [-0.1, -0.05) is 30.3 Å². The van der Waals surface area contributed by atoms with Gasteiger partial charge in [-0.2, -0.15) is 13.2 Å². The Balaban J connectivity index is 2.06. The maximum absolute atomic E-state index is 13.4. The summed E-state index contributed by atoms with van der Waals surface area (Å²) in [4.78, 5) is 11.8. The van der Waals surface area contributed by atoms with Crippen molar-refractivity contribution in [2.24, 2.45) is 0 Å². The molecule has 4 nitrogen and oxygen atoms in total. The molecular formula is C20H17F3O4. The largest absolute Gasteiger partial charge is 0.496 e. The Labute approximate surface area is 154 Å². The van der Waals surface area contributed by atoms with Crippen molar-refractivity contribution in [3.05, 3.63) is 64.7 Å². The normalized spacial score (nSPS) is 16.0. The Morgan fingerprint density at radius 3 is 2.44 bits per heavy atom. The standard InChI is InChI=1S/C20H17F3O4/c1-25-16-10-14-9-15(19(24)26-2)18(20(21,22)23)27-17(14)11-13(16)8-12-6-4-3-5-7-12/h3-7,9-11,18H,8H2,1-2H3. The van der Waals surface area contributed by atoms with Gasteiger partial charge >= 0.3 is 12.1 Å². The quantitative estimate of drug-likeness (QED) is 0.750. The number of halogens is 3. The van der Waals surface area contributed by atoms with Crippen molar-refractivity contribution in [1.29, 1.82) is 0 Å². The molecule has 0 radical (unpaired) electrons. The summed E-state index contributed by atoms with van der Waals surface area (Å²) in [6.07, 6.45) is -5.53. The van der Waals surface area contributed by atoms with Gasteiger partial charge in [0, 0.05) is 17.5 Å². The van der Waals surface area contributed by atoms with Crippen LogP contribution >= 0.6 is 0 Å². The van der Waals surface area contributed by atoms with Crippen molar-refractivity contribution < 1.29 is 32.2 Å². The van der Waals surface area contributed by atoms with Gasteiger partial charge in [-0.3, -0.25) is 0 Å². The van der Waals surface area contributed by atoms with E-state index in [1.807, 2.05) is 30.3 Å². The lowest BCUT2D eigenvalue weighted by Crippen LogP contribution is -2.40. The van der Waals surface area contributed by atoms with Gasteiger partial charge in [-0.25, -0.2) is 4.79 Å². The Hall–Kier alpha value is -2.96. The Bertz CT molecular complexity index is 873. The molecule has 1 atom stereocenters. The van der Waals surface area contributed by atoms with Crippen LogP contribution in [0.25, 0.3) is 6.08 Å². The molecule has 0 spiro atoms. The van der Waals surface area contributed by atoms with Gasteiger partial charge in [-0.05, 0) is 23.8 Å². The SMILES string of the molecule is COC(=O)C1=Cc2cc(OC)c(Cc3ccccc3)cc2OC1C(F)(F)F. The summed E-state index contributed by atoms with van der Waals surface area (Å²) in [7, 11) is 2.50. The average Bonchev–Trinajstić information content (AvgIpc) is 2.66. The number of fused-ring (bicyclic) bond motifs is 1. The molecule has 27 heavy (non-hydrogen) atoms. The van der Waals surface area contributed by atoms with E-state index in [4.69, 9.17) is 9.47 Å². The minimum atomic E-state index is -4.75. The molecule has 0 amide bonds. The molecule has 0 bridgehead atoms. The minimum absolute atomic E-state index is 0.0386. The molecular weight excluding hydrogens is 361 g/mol. The van der Waals surface area contributed by atoms with Crippen LogP contribution in [0.4, 0.5) is 13.2 Å². The van der Waals surface area contributed by atoms with Crippen LogP contribution in [-0.4, -0.2) is 32.5 Å². The fourth-order valence-corrected chi connectivity index (χ4v) is 2.94. The minimum Gasteiger partial charge on any atom is -0.496 e. The molecule has 2 aromatic carbocycles. The Morgan fingerprint density at radius 1 is 1.15 bits per heavy atom. The van der Waals surface area contributed by atoms with Crippen LogP contribution in [0.1, 0.15) is 16.7 Å². The number of esters is 1. The predicted molar refractivity (Wildman–Crippen MR) is 92.7 cm³/mol. The first kappa shape index (κ1) is 18.8. The topological polar surface area (TPSA) is 44.8 Å². The molecule has 142 valence electrons. The number of rotatable bonds is 4. The maximum atomic E-state index is 13.4. The van der Waals surface area contributed by atoms with Gasteiger partial charge in [0.1, 0.15) is 11.5 Å². The van der Waals surface area contributed by atoms with Gasteiger partial charge in [0.2, 0.25) is 6.10 Å². The van der Waals surface area contributed by atoms with Gasteiger partial charge in [0.25, 0.3) is 0 Å². The van der Waals surface area contributed by atoms with E-state index in [0.29, 0.717) is 23.3 Å².